The van der Waals surface area contributed by atoms with Gasteiger partial charge in [-0.05, 0) is 28.2 Å². The number of aromatic nitrogens is 2. The SMILES string of the molecule is CN(C)CC(Oc1cc(N)n(C)n1)N(C)C. The Hall–Kier alpha value is -1.27. The molecule has 0 saturated carbocycles. The molecule has 6 heteroatoms. The van der Waals surface area contributed by atoms with Gasteiger partial charge in [0.25, 0.3) is 0 Å². The number of nitrogen functional groups attached to an aromatic ring is 1. The minimum absolute atomic E-state index is 0.0377. The van der Waals surface area contributed by atoms with E-state index in [-0.39, 0.29) is 6.23 Å². The van der Waals surface area contributed by atoms with Crippen molar-refractivity contribution in [2.24, 2.45) is 7.05 Å². The van der Waals surface area contributed by atoms with Crippen molar-refractivity contribution in [3.8, 4) is 5.88 Å². The summed E-state index contributed by atoms with van der Waals surface area (Å²) in [6, 6.07) is 1.73. The summed E-state index contributed by atoms with van der Waals surface area (Å²) in [7, 11) is 9.75. The third kappa shape index (κ3) is 3.39. The summed E-state index contributed by atoms with van der Waals surface area (Å²) in [5, 5.41) is 4.16. The van der Waals surface area contributed by atoms with Crippen LogP contribution in [-0.2, 0) is 7.05 Å². The van der Waals surface area contributed by atoms with Crippen molar-refractivity contribution in [1.29, 1.82) is 0 Å². The Morgan fingerprint density at radius 3 is 2.44 bits per heavy atom. The monoisotopic (exact) mass is 227 g/mol. The maximum absolute atomic E-state index is 5.76. The summed E-state index contributed by atoms with van der Waals surface area (Å²) in [5.74, 6) is 1.15. The summed E-state index contributed by atoms with van der Waals surface area (Å²) >= 11 is 0. The fourth-order valence-electron chi connectivity index (χ4n) is 1.27. The lowest BCUT2D eigenvalue weighted by molar-refractivity contribution is 0.0375. The van der Waals surface area contributed by atoms with Crippen LogP contribution in [0.4, 0.5) is 5.82 Å². The van der Waals surface area contributed by atoms with Crippen LogP contribution in [0.5, 0.6) is 5.88 Å². The normalized spacial score (nSPS) is 13.4. The van der Waals surface area contributed by atoms with Crippen molar-refractivity contribution in [2.45, 2.75) is 6.23 Å². The number of hydrogen-bond acceptors (Lipinski definition) is 5. The van der Waals surface area contributed by atoms with Gasteiger partial charge in [0.1, 0.15) is 5.82 Å². The molecule has 0 radical (unpaired) electrons. The maximum Gasteiger partial charge on any atom is 0.236 e. The van der Waals surface area contributed by atoms with E-state index < -0.39 is 0 Å². The Bertz CT molecular complexity index is 314. The van der Waals surface area contributed by atoms with Crippen molar-refractivity contribution < 1.29 is 4.74 Å². The van der Waals surface area contributed by atoms with Crippen LogP contribution in [-0.4, -0.2) is 60.5 Å². The van der Waals surface area contributed by atoms with Crippen molar-refractivity contribution in [2.75, 3.05) is 40.5 Å². The molecule has 1 aromatic rings. The van der Waals surface area contributed by atoms with Crippen LogP contribution in [0.15, 0.2) is 6.07 Å². The number of ether oxygens (including phenoxy) is 1. The van der Waals surface area contributed by atoms with E-state index in [1.165, 1.54) is 0 Å². The Morgan fingerprint density at radius 1 is 1.44 bits per heavy atom. The maximum atomic E-state index is 5.76. The average Bonchev–Trinajstić information content (AvgIpc) is 2.44. The number of likely N-dealkylation sites (N-methyl/N-ethyl adjacent to an activating group) is 2. The van der Waals surface area contributed by atoms with E-state index in [9.17, 15) is 0 Å². The molecule has 1 unspecified atom stereocenters. The number of aryl methyl sites for hydroxylation is 1. The van der Waals surface area contributed by atoms with Crippen LogP contribution in [0.1, 0.15) is 0 Å². The average molecular weight is 227 g/mol. The zero-order valence-electron chi connectivity index (χ0n) is 10.6. The van der Waals surface area contributed by atoms with E-state index in [0.717, 1.165) is 6.54 Å². The molecule has 0 aromatic carbocycles. The highest BCUT2D eigenvalue weighted by Gasteiger charge is 2.16. The molecule has 1 atom stereocenters. The first kappa shape index (κ1) is 12.8. The van der Waals surface area contributed by atoms with Gasteiger partial charge in [-0.25, -0.2) is 4.68 Å². The minimum atomic E-state index is -0.0377. The van der Waals surface area contributed by atoms with Gasteiger partial charge in [-0.1, -0.05) is 0 Å². The number of nitrogens with zero attached hydrogens (tertiary/aromatic N) is 4. The van der Waals surface area contributed by atoms with Crippen molar-refractivity contribution in [3.63, 3.8) is 0 Å². The molecule has 0 amide bonds. The zero-order chi connectivity index (χ0) is 12.3. The molecule has 0 spiro atoms. The first-order valence-corrected chi connectivity index (χ1v) is 5.17. The second-order valence-electron chi connectivity index (χ2n) is 4.33. The Kier molecular flexibility index (Phi) is 4.14. The zero-order valence-corrected chi connectivity index (χ0v) is 10.6. The van der Waals surface area contributed by atoms with E-state index in [4.69, 9.17) is 10.5 Å². The molecule has 0 bridgehead atoms. The van der Waals surface area contributed by atoms with Gasteiger partial charge in [0, 0.05) is 19.7 Å². The molecule has 0 aliphatic heterocycles. The molecule has 1 rings (SSSR count). The molecule has 0 aliphatic rings. The first-order valence-electron chi connectivity index (χ1n) is 5.17. The lowest BCUT2D eigenvalue weighted by Gasteiger charge is -2.26. The van der Waals surface area contributed by atoms with Crippen molar-refractivity contribution >= 4 is 5.82 Å². The molecule has 6 nitrogen and oxygen atoms in total. The van der Waals surface area contributed by atoms with E-state index in [0.29, 0.717) is 11.7 Å². The third-order valence-corrected chi connectivity index (χ3v) is 2.25. The Balaban J connectivity index is 2.67. The van der Waals surface area contributed by atoms with Gasteiger partial charge in [0.2, 0.25) is 5.88 Å². The van der Waals surface area contributed by atoms with Crippen molar-refractivity contribution in [1.82, 2.24) is 19.6 Å². The van der Waals surface area contributed by atoms with Gasteiger partial charge in [0.05, 0.1) is 0 Å². The number of hydrogen-bond donors (Lipinski definition) is 1. The van der Waals surface area contributed by atoms with Crippen LogP contribution in [0.25, 0.3) is 0 Å². The molecule has 0 saturated heterocycles. The summed E-state index contributed by atoms with van der Waals surface area (Å²) in [4.78, 5) is 4.07. The van der Waals surface area contributed by atoms with E-state index in [1.54, 1.807) is 17.8 Å². The fourth-order valence-corrected chi connectivity index (χ4v) is 1.27. The highest BCUT2D eigenvalue weighted by atomic mass is 16.5. The van der Waals surface area contributed by atoms with E-state index in [1.807, 2.05) is 33.1 Å². The molecule has 92 valence electrons. The molecule has 1 heterocycles. The third-order valence-electron chi connectivity index (χ3n) is 2.25. The first-order chi connectivity index (χ1) is 7.40. The van der Waals surface area contributed by atoms with Gasteiger partial charge < -0.3 is 15.4 Å². The molecule has 16 heavy (non-hydrogen) atoms. The topological polar surface area (TPSA) is 59.6 Å². The van der Waals surface area contributed by atoms with Gasteiger partial charge in [-0.3, -0.25) is 4.90 Å². The number of anilines is 1. The molecule has 1 aromatic heterocycles. The summed E-state index contributed by atoms with van der Waals surface area (Å²) < 4.78 is 7.36. The highest BCUT2D eigenvalue weighted by molar-refractivity contribution is 5.33. The van der Waals surface area contributed by atoms with Crippen LogP contribution in [0.2, 0.25) is 0 Å². The highest BCUT2D eigenvalue weighted by Crippen LogP contribution is 2.14. The Morgan fingerprint density at radius 2 is 2.06 bits per heavy atom. The van der Waals surface area contributed by atoms with Crippen LogP contribution in [0.3, 0.4) is 0 Å². The standard InChI is InChI=1S/C10H21N5O/c1-13(2)7-10(14(3)4)16-9-6-8(11)15(5)12-9/h6,10H,7,11H2,1-5H3. The molecule has 0 aliphatic carbocycles. The predicted octanol–water partition coefficient (Wildman–Crippen LogP) is -0.170. The van der Waals surface area contributed by atoms with Crippen LogP contribution in [0, 0.1) is 0 Å². The number of rotatable bonds is 5. The molecule has 0 fully saturated rings. The van der Waals surface area contributed by atoms with Crippen LogP contribution < -0.4 is 10.5 Å². The Labute approximate surface area is 96.6 Å². The van der Waals surface area contributed by atoms with Crippen molar-refractivity contribution in [3.05, 3.63) is 6.07 Å². The van der Waals surface area contributed by atoms with E-state index in [2.05, 4.69) is 10.00 Å². The lowest BCUT2D eigenvalue weighted by atomic mass is 10.4. The number of nitrogens with two attached hydrogens (primary N) is 1. The molecule has 2 N–H and O–H groups in total. The minimum Gasteiger partial charge on any atom is -0.456 e. The quantitative estimate of drug-likeness (QED) is 0.708. The summed E-state index contributed by atoms with van der Waals surface area (Å²) in [6.45, 7) is 0.795. The largest absolute Gasteiger partial charge is 0.456 e. The second-order valence-corrected chi connectivity index (χ2v) is 4.33. The van der Waals surface area contributed by atoms with Gasteiger partial charge in [0.15, 0.2) is 6.23 Å². The van der Waals surface area contributed by atoms with E-state index >= 15 is 0 Å². The predicted molar refractivity (Wildman–Crippen MR) is 64.3 cm³/mol. The van der Waals surface area contributed by atoms with Gasteiger partial charge >= 0.3 is 0 Å². The summed E-state index contributed by atoms with van der Waals surface area (Å²) in [6.07, 6.45) is -0.0377. The fraction of sp³-hybridized carbons (Fsp3) is 0.700. The smallest absolute Gasteiger partial charge is 0.236 e. The van der Waals surface area contributed by atoms with Gasteiger partial charge in [-0.15, -0.1) is 5.10 Å². The molecular formula is C10H21N5O. The lowest BCUT2D eigenvalue weighted by Crippen LogP contribution is -2.41. The second kappa shape index (κ2) is 5.18. The van der Waals surface area contributed by atoms with Gasteiger partial charge in [-0.2, -0.15) is 0 Å². The summed E-state index contributed by atoms with van der Waals surface area (Å²) in [5.41, 5.74) is 5.69. The van der Waals surface area contributed by atoms with Crippen LogP contribution >= 0.6 is 0 Å². The molecular weight excluding hydrogens is 206 g/mol.